The van der Waals surface area contributed by atoms with Gasteiger partial charge in [0.2, 0.25) is 0 Å². The molecule has 21 heavy (non-hydrogen) atoms. The molecule has 1 atom stereocenters. The van der Waals surface area contributed by atoms with Crippen LogP contribution >= 0.6 is 0 Å². The molecule has 0 aliphatic rings. The highest BCUT2D eigenvalue weighted by Gasteiger charge is 2.10. The summed E-state index contributed by atoms with van der Waals surface area (Å²) >= 11 is 0. The number of aryl methyl sites for hydroxylation is 1. The molecule has 0 saturated heterocycles. The largest absolute Gasteiger partial charge is 0.370 e. The Hall–Kier alpha value is -2.43. The first kappa shape index (κ1) is 15.0. The monoisotopic (exact) mass is 285 g/mol. The average molecular weight is 285 g/mol. The Kier molecular flexibility index (Phi) is 4.87. The average Bonchev–Trinajstić information content (AvgIpc) is 2.49. The molecule has 0 saturated carbocycles. The van der Waals surface area contributed by atoms with Crippen molar-refractivity contribution < 1.29 is 4.92 Å². The Labute approximate surface area is 124 Å². The molecule has 1 unspecified atom stereocenters. The number of rotatable bonds is 6. The number of benzene rings is 1. The van der Waals surface area contributed by atoms with E-state index in [1.165, 1.54) is 17.8 Å². The molecular formula is C16H19N3O2. The lowest BCUT2D eigenvalue weighted by Crippen LogP contribution is -2.08. The van der Waals surface area contributed by atoms with Gasteiger partial charge in [0.15, 0.2) is 0 Å². The highest BCUT2D eigenvalue weighted by molar-refractivity contribution is 5.48. The van der Waals surface area contributed by atoms with Crippen LogP contribution in [-0.4, -0.2) is 16.5 Å². The van der Waals surface area contributed by atoms with Crippen LogP contribution in [0.1, 0.15) is 30.4 Å². The number of nitrogens with zero attached hydrogens (tertiary/aromatic N) is 2. The van der Waals surface area contributed by atoms with Crippen molar-refractivity contribution >= 4 is 11.5 Å². The predicted octanol–water partition coefficient (Wildman–Crippen LogP) is 3.90. The fraction of sp³-hybridized carbons (Fsp3) is 0.312. The van der Waals surface area contributed by atoms with Gasteiger partial charge < -0.3 is 5.32 Å². The minimum Gasteiger partial charge on any atom is -0.370 e. The molecule has 0 bridgehead atoms. The second kappa shape index (κ2) is 6.83. The molecule has 5 heteroatoms. The van der Waals surface area contributed by atoms with Crippen LogP contribution in [0, 0.1) is 17.0 Å². The van der Waals surface area contributed by atoms with Gasteiger partial charge in [-0.25, -0.2) is 4.98 Å². The first-order chi connectivity index (χ1) is 10.1. The van der Waals surface area contributed by atoms with Crippen LogP contribution in [0.3, 0.4) is 0 Å². The lowest BCUT2D eigenvalue weighted by atomic mass is 9.98. The normalized spacial score (nSPS) is 11.9. The van der Waals surface area contributed by atoms with E-state index in [0.717, 1.165) is 18.5 Å². The molecule has 0 amide bonds. The molecule has 2 rings (SSSR count). The Morgan fingerprint density at radius 2 is 2.05 bits per heavy atom. The summed E-state index contributed by atoms with van der Waals surface area (Å²) in [6, 6.07) is 11.9. The lowest BCUT2D eigenvalue weighted by molar-refractivity contribution is -0.385. The molecule has 1 heterocycles. The van der Waals surface area contributed by atoms with Crippen LogP contribution in [0.4, 0.5) is 11.5 Å². The molecule has 2 aromatic rings. The van der Waals surface area contributed by atoms with E-state index in [2.05, 4.69) is 29.4 Å². The molecule has 0 aliphatic carbocycles. The van der Waals surface area contributed by atoms with E-state index in [4.69, 9.17) is 0 Å². The van der Waals surface area contributed by atoms with E-state index in [9.17, 15) is 10.1 Å². The van der Waals surface area contributed by atoms with Gasteiger partial charge in [0.05, 0.1) is 4.92 Å². The van der Waals surface area contributed by atoms with Crippen LogP contribution < -0.4 is 5.32 Å². The first-order valence-electron chi connectivity index (χ1n) is 6.98. The lowest BCUT2D eigenvalue weighted by Gasteiger charge is -2.13. The predicted molar refractivity (Wildman–Crippen MR) is 83.6 cm³/mol. The zero-order valence-electron chi connectivity index (χ0n) is 12.2. The Morgan fingerprint density at radius 3 is 2.67 bits per heavy atom. The third kappa shape index (κ3) is 4.02. The van der Waals surface area contributed by atoms with E-state index < -0.39 is 4.92 Å². The molecule has 0 fully saturated rings. The van der Waals surface area contributed by atoms with Crippen LogP contribution in [0.15, 0.2) is 42.6 Å². The maximum Gasteiger partial charge on any atom is 0.287 e. The summed E-state index contributed by atoms with van der Waals surface area (Å²) in [5.41, 5.74) is 2.12. The minimum absolute atomic E-state index is 0.0238. The smallest absolute Gasteiger partial charge is 0.287 e. The van der Waals surface area contributed by atoms with Gasteiger partial charge in [0, 0.05) is 12.6 Å². The van der Waals surface area contributed by atoms with Gasteiger partial charge in [-0.3, -0.25) is 10.1 Å². The van der Waals surface area contributed by atoms with Crippen molar-refractivity contribution in [3.63, 3.8) is 0 Å². The third-order valence-corrected chi connectivity index (χ3v) is 3.51. The molecule has 1 aromatic carbocycles. The Bertz CT molecular complexity index is 614. The molecule has 0 spiro atoms. The number of pyridine rings is 1. The van der Waals surface area contributed by atoms with E-state index >= 15 is 0 Å². The topological polar surface area (TPSA) is 68.1 Å². The molecule has 0 aliphatic heterocycles. The molecule has 1 N–H and O–H groups in total. The number of aromatic nitrogens is 1. The summed E-state index contributed by atoms with van der Waals surface area (Å²) < 4.78 is 0. The highest BCUT2D eigenvalue weighted by Crippen LogP contribution is 2.20. The molecule has 1 aromatic heterocycles. The van der Waals surface area contributed by atoms with Gasteiger partial charge in [0.25, 0.3) is 5.69 Å². The molecule has 5 nitrogen and oxygen atoms in total. The summed E-state index contributed by atoms with van der Waals surface area (Å²) in [4.78, 5) is 14.4. The molecule has 110 valence electrons. The number of nitrogens with one attached hydrogen (secondary N) is 1. The summed E-state index contributed by atoms with van der Waals surface area (Å²) in [6.07, 6.45) is 2.26. The second-order valence-corrected chi connectivity index (χ2v) is 5.14. The number of hydrogen-bond acceptors (Lipinski definition) is 4. The SMILES string of the molecule is Cc1cc([N+](=O)[O-])cnc1NCCC(C)c1ccccc1. The second-order valence-electron chi connectivity index (χ2n) is 5.14. The van der Waals surface area contributed by atoms with Crippen LogP contribution in [0.25, 0.3) is 0 Å². The van der Waals surface area contributed by atoms with Gasteiger partial charge >= 0.3 is 0 Å². The molecular weight excluding hydrogens is 266 g/mol. The van der Waals surface area contributed by atoms with Crippen molar-refractivity contribution in [2.24, 2.45) is 0 Å². The van der Waals surface area contributed by atoms with Crippen molar-refractivity contribution in [3.8, 4) is 0 Å². The minimum atomic E-state index is -0.429. The summed E-state index contributed by atoms with van der Waals surface area (Å²) in [5, 5.41) is 13.9. The maximum atomic E-state index is 10.7. The van der Waals surface area contributed by atoms with E-state index in [-0.39, 0.29) is 5.69 Å². The van der Waals surface area contributed by atoms with Gasteiger partial charge in [-0.1, -0.05) is 37.3 Å². The van der Waals surface area contributed by atoms with Crippen molar-refractivity contribution in [2.45, 2.75) is 26.2 Å². The third-order valence-electron chi connectivity index (χ3n) is 3.51. The fourth-order valence-corrected chi connectivity index (χ4v) is 2.20. The van der Waals surface area contributed by atoms with Gasteiger partial charge in [-0.15, -0.1) is 0 Å². The van der Waals surface area contributed by atoms with Crippen molar-refractivity contribution in [3.05, 3.63) is 63.8 Å². The van der Waals surface area contributed by atoms with Crippen molar-refractivity contribution in [1.29, 1.82) is 0 Å². The Morgan fingerprint density at radius 1 is 1.33 bits per heavy atom. The fourth-order valence-electron chi connectivity index (χ4n) is 2.20. The van der Waals surface area contributed by atoms with Crippen LogP contribution in [-0.2, 0) is 0 Å². The van der Waals surface area contributed by atoms with Gasteiger partial charge in [-0.05, 0) is 30.4 Å². The summed E-state index contributed by atoms with van der Waals surface area (Å²) in [7, 11) is 0. The number of nitro groups is 1. The zero-order chi connectivity index (χ0) is 15.2. The maximum absolute atomic E-state index is 10.7. The van der Waals surface area contributed by atoms with Crippen LogP contribution in [0.2, 0.25) is 0 Å². The molecule has 0 radical (unpaired) electrons. The number of anilines is 1. The zero-order valence-corrected chi connectivity index (χ0v) is 12.2. The van der Waals surface area contributed by atoms with E-state index in [1.807, 2.05) is 25.1 Å². The highest BCUT2D eigenvalue weighted by atomic mass is 16.6. The van der Waals surface area contributed by atoms with Crippen molar-refractivity contribution in [1.82, 2.24) is 4.98 Å². The first-order valence-corrected chi connectivity index (χ1v) is 6.98. The summed E-state index contributed by atoms with van der Waals surface area (Å²) in [6.45, 7) is 4.79. The van der Waals surface area contributed by atoms with E-state index in [0.29, 0.717) is 11.7 Å². The van der Waals surface area contributed by atoms with Gasteiger partial charge in [0.1, 0.15) is 12.0 Å². The van der Waals surface area contributed by atoms with Gasteiger partial charge in [-0.2, -0.15) is 0 Å². The quantitative estimate of drug-likeness (QED) is 0.645. The number of hydrogen-bond donors (Lipinski definition) is 1. The van der Waals surface area contributed by atoms with Crippen LogP contribution in [0.5, 0.6) is 0 Å². The van der Waals surface area contributed by atoms with Crippen molar-refractivity contribution in [2.75, 3.05) is 11.9 Å². The standard InChI is InChI=1S/C16H19N3O2/c1-12(14-6-4-3-5-7-14)8-9-17-16-13(2)10-15(11-18-16)19(20)21/h3-7,10-12H,8-9H2,1-2H3,(H,17,18). The Balaban J connectivity index is 1.90. The summed E-state index contributed by atoms with van der Waals surface area (Å²) in [5.74, 6) is 1.16. The van der Waals surface area contributed by atoms with E-state index in [1.54, 1.807) is 0 Å².